The van der Waals surface area contributed by atoms with Crippen molar-refractivity contribution in [3.8, 4) is 6.07 Å². The van der Waals surface area contributed by atoms with Crippen LogP contribution in [0, 0.1) is 11.3 Å². The zero-order valence-corrected chi connectivity index (χ0v) is 11.2. The summed E-state index contributed by atoms with van der Waals surface area (Å²) in [6.07, 6.45) is 2.26. The van der Waals surface area contributed by atoms with Crippen LogP contribution in [0.2, 0.25) is 0 Å². The molecule has 0 saturated carbocycles. The maximum absolute atomic E-state index is 9.95. The number of nitrogens with zero attached hydrogens (tertiary/aromatic N) is 1. The molecule has 72 valence electrons. The first kappa shape index (κ1) is 19.0. The number of hydrogen-bond acceptors (Lipinski definition) is 4. The molecule has 6 heteroatoms. The van der Waals surface area contributed by atoms with Crippen LogP contribution in [0.4, 0.5) is 0 Å². The third-order valence-corrected chi connectivity index (χ3v) is 1.79. The predicted molar refractivity (Wildman–Crippen MR) is 45.4 cm³/mol. The van der Waals surface area contributed by atoms with Crippen LogP contribution in [-0.2, 0) is 10.1 Å². The number of hydrogen-bond donors (Lipinski definition) is 0. The Labute approximate surface area is 102 Å². The van der Waals surface area contributed by atoms with E-state index < -0.39 is 10.1 Å². The van der Waals surface area contributed by atoms with Gasteiger partial charge in [-0.25, -0.2) is 8.42 Å². The Bertz CT molecular complexity index is 220. The van der Waals surface area contributed by atoms with Gasteiger partial charge in [0.1, 0.15) is 0 Å². The molecule has 4 nitrogen and oxygen atoms in total. The maximum Gasteiger partial charge on any atom is 1.00 e. The van der Waals surface area contributed by atoms with E-state index in [9.17, 15) is 13.0 Å². The molecule has 0 radical (unpaired) electrons. The Morgan fingerprint density at radius 1 is 1.38 bits per heavy atom. The molecule has 0 N–H and O–H groups in total. The van der Waals surface area contributed by atoms with E-state index in [4.69, 9.17) is 5.26 Å². The van der Waals surface area contributed by atoms with Gasteiger partial charge < -0.3 is 4.55 Å². The summed E-state index contributed by atoms with van der Waals surface area (Å²) < 4.78 is 29.9. The van der Waals surface area contributed by atoms with Gasteiger partial charge in [-0.15, -0.1) is 0 Å². The minimum atomic E-state index is -3.95. The summed E-state index contributed by atoms with van der Waals surface area (Å²) >= 11 is 0. The van der Waals surface area contributed by atoms with E-state index in [2.05, 4.69) is 0 Å². The van der Waals surface area contributed by atoms with Crippen molar-refractivity contribution in [3.63, 3.8) is 0 Å². The van der Waals surface area contributed by atoms with Crippen molar-refractivity contribution in [2.75, 3.05) is 5.75 Å². The van der Waals surface area contributed by atoms with E-state index >= 15 is 0 Å². The summed E-state index contributed by atoms with van der Waals surface area (Å²) in [7, 11) is -3.95. The molecule has 0 amide bonds. The Kier molecular flexibility index (Phi) is 18.2. The van der Waals surface area contributed by atoms with E-state index in [1.54, 1.807) is 6.07 Å². The standard InChI is InChI=1S/C5H12O3S.C2H3N.Na/c1-2-3-4-5-9(6,7)8;1-2-3;/h2-5H2,1H3,(H,6,7,8);1H3;/q;;+1/p-1. The van der Waals surface area contributed by atoms with Gasteiger partial charge in [0.15, 0.2) is 0 Å². The van der Waals surface area contributed by atoms with Crippen molar-refractivity contribution in [1.82, 2.24) is 0 Å². The van der Waals surface area contributed by atoms with Crippen LogP contribution in [0.1, 0.15) is 33.1 Å². The molecule has 0 aliphatic heterocycles. The van der Waals surface area contributed by atoms with E-state index in [0.717, 1.165) is 12.8 Å². The fourth-order valence-corrected chi connectivity index (χ4v) is 1.09. The van der Waals surface area contributed by atoms with Crippen molar-refractivity contribution in [2.24, 2.45) is 0 Å². The second kappa shape index (κ2) is 12.4. The van der Waals surface area contributed by atoms with E-state index in [-0.39, 0.29) is 35.3 Å². The molecule has 0 heterocycles. The first-order chi connectivity index (χ1) is 5.47. The molecule has 0 fully saturated rings. The first-order valence-electron chi connectivity index (χ1n) is 3.72. The van der Waals surface area contributed by atoms with Crippen LogP contribution in [0.25, 0.3) is 0 Å². The van der Waals surface area contributed by atoms with Crippen molar-refractivity contribution < 1.29 is 42.5 Å². The second-order valence-electron chi connectivity index (χ2n) is 2.19. The zero-order valence-electron chi connectivity index (χ0n) is 8.41. The van der Waals surface area contributed by atoms with Crippen LogP contribution < -0.4 is 29.6 Å². The number of nitriles is 1. The third kappa shape index (κ3) is 32.7. The van der Waals surface area contributed by atoms with Gasteiger partial charge in [-0.05, 0) is 6.42 Å². The Hall–Kier alpha value is 0.400. The normalized spacial score (nSPS) is 8.77. The van der Waals surface area contributed by atoms with Crippen molar-refractivity contribution in [3.05, 3.63) is 0 Å². The van der Waals surface area contributed by atoms with Gasteiger partial charge in [0.05, 0.1) is 16.2 Å². The van der Waals surface area contributed by atoms with Gasteiger partial charge in [-0.1, -0.05) is 19.8 Å². The van der Waals surface area contributed by atoms with Gasteiger partial charge in [-0.3, -0.25) is 0 Å². The average molecular weight is 215 g/mol. The second-order valence-corrected chi connectivity index (χ2v) is 3.72. The average Bonchev–Trinajstić information content (AvgIpc) is 1.87. The molecule has 0 aromatic carbocycles. The van der Waals surface area contributed by atoms with Gasteiger partial charge in [0.2, 0.25) is 0 Å². The SMILES string of the molecule is CC#N.CCCCCS(=O)(=O)[O-].[Na+]. The molecular formula is C7H14NNaO3S. The van der Waals surface area contributed by atoms with Crippen LogP contribution >= 0.6 is 0 Å². The largest absolute Gasteiger partial charge is 1.00 e. The van der Waals surface area contributed by atoms with E-state index in [1.165, 1.54) is 6.92 Å². The third-order valence-electron chi connectivity index (χ3n) is 0.998. The number of rotatable bonds is 4. The van der Waals surface area contributed by atoms with Crippen LogP contribution in [-0.4, -0.2) is 18.7 Å². The van der Waals surface area contributed by atoms with Crippen molar-refractivity contribution in [1.29, 1.82) is 5.26 Å². The Balaban J connectivity index is -0.000000220. The van der Waals surface area contributed by atoms with Crippen LogP contribution in [0.15, 0.2) is 0 Å². The van der Waals surface area contributed by atoms with E-state index in [1.807, 2.05) is 6.92 Å². The summed E-state index contributed by atoms with van der Waals surface area (Å²) in [6.45, 7) is 3.39. The fourth-order valence-electron chi connectivity index (χ4n) is 0.529. The smallest absolute Gasteiger partial charge is 0.748 e. The molecule has 0 aliphatic carbocycles. The minimum absolute atomic E-state index is 0. The quantitative estimate of drug-likeness (QED) is 0.316. The molecule has 0 aromatic rings. The van der Waals surface area contributed by atoms with Gasteiger partial charge in [0, 0.05) is 12.7 Å². The molecule has 0 rings (SSSR count). The maximum atomic E-state index is 9.95. The van der Waals surface area contributed by atoms with Crippen LogP contribution in [0.5, 0.6) is 0 Å². The molecule has 13 heavy (non-hydrogen) atoms. The van der Waals surface area contributed by atoms with Gasteiger partial charge in [0.25, 0.3) is 0 Å². The van der Waals surface area contributed by atoms with Crippen molar-refractivity contribution >= 4 is 10.1 Å². The monoisotopic (exact) mass is 215 g/mol. The summed E-state index contributed by atoms with van der Waals surface area (Å²) in [6, 6.07) is 1.75. The summed E-state index contributed by atoms with van der Waals surface area (Å²) in [4.78, 5) is 0. The topological polar surface area (TPSA) is 81.0 Å². The molecule has 0 spiro atoms. The summed E-state index contributed by atoms with van der Waals surface area (Å²) in [5, 5.41) is 7.32. The predicted octanol–water partition coefficient (Wildman–Crippen LogP) is -1.74. The zero-order chi connectivity index (χ0) is 10.0. The molecule has 0 aromatic heterocycles. The number of unbranched alkanes of at least 4 members (excludes halogenated alkanes) is 2. The molecular weight excluding hydrogens is 201 g/mol. The Morgan fingerprint density at radius 2 is 1.77 bits per heavy atom. The van der Waals surface area contributed by atoms with Gasteiger partial charge in [-0.2, -0.15) is 5.26 Å². The molecule has 0 unspecified atom stereocenters. The Morgan fingerprint density at radius 3 is 2.00 bits per heavy atom. The van der Waals surface area contributed by atoms with Crippen LogP contribution in [0.3, 0.4) is 0 Å². The van der Waals surface area contributed by atoms with Crippen molar-refractivity contribution in [2.45, 2.75) is 33.1 Å². The summed E-state index contributed by atoms with van der Waals surface area (Å²) in [5.41, 5.74) is 0. The first-order valence-corrected chi connectivity index (χ1v) is 5.30. The molecule has 0 saturated heterocycles. The molecule has 0 atom stereocenters. The fraction of sp³-hybridized carbons (Fsp3) is 0.857. The molecule has 0 aliphatic rings. The van der Waals surface area contributed by atoms with E-state index in [0.29, 0.717) is 6.42 Å². The van der Waals surface area contributed by atoms with Gasteiger partial charge >= 0.3 is 29.6 Å². The summed E-state index contributed by atoms with van der Waals surface area (Å²) in [5.74, 6) is -0.208. The molecule has 0 bridgehead atoms. The minimum Gasteiger partial charge on any atom is -0.748 e.